The summed E-state index contributed by atoms with van der Waals surface area (Å²) in [6.45, 7) is 6.61. The molecule has 1 spiro atoms. The lowest BCUT2D eigenvalue weighted by Crippen LogP contribution is -2.54. The Kier molecular flexibility index (Phi) is 5.39. The summed E-state index contributed by atoms with van der Waals surface area (Å²) in [6, 6.07) is 4.21. The molecule has 0 aromatic carbocycles. The second-order valence-electron chi connectivity index (χ2n) is 7.38. The molecule has 24 heavy (non-hydrogen) atoms. The number of hydrogen-bond acceptors (Lipinski definition) is 4. The van der Waals surface area contributed by atoms with Crippen molar-refractivity contribution in [2.24, 2.45) is 5.41 Å². The molecule has 0 aliphatic carbocycles. The van der Waals surface area contributed by atoms with Crippen LogP contribution in [0.15, 0.2) is 18.3 Å². The number of aromatic nitrogens is 1. The highest BCUT2D eigenvalue weighted by atomic mass is 16.5. The van der Waals surface area contributed by atoms with E-state index in [0.29, 0.717) is 12.3 Å². The van der Waals surface area contributed by atoms with Crippen molar-refractivity contribution in [1.82, 2.24) is 9.88 Å². The summed E-state index contributed by atoms with van der Waals surface area (Å²) in [5.41, 5.74) is 1.48. The van der Waals surface area contributed by atoms with Crippen LogP contribution in [-0.2, 0) is 9.53 Å². The molecule has 0 unspecified atom stereocenters. The summed E-state index contributed by atoms with van der Waals surface area (Å²) >= 11 is 0. The van der Waals surface area contributed by atoms with E-state index in [1.165, 1.54) is 18.4 Å². The van der Waals surface area contributed by atoms with E-state index in [4.69, 9.17) is 4.74 Å². The number of methoxy groups -OCH3 is 1. The number of aryl methyl sites for hydroxylation is 1. The first-order valence-corrected chi connectivity index (χ1v) is 9.06. The van der Waals surface area contributed by atoms with Gasteiger partial charge in [0.25, 0.3) is 0 Å². The first kappa shape index (κ1) is 17.2. The van der Waals surface area contributed by atoms with E-state index >= 15 is 0 Å². The molecule has 2 aliphatic rings. The Morgan fingerprint density at radius 3 is 3.00 bits per heavy atom. The minimum Gasteiger partial charge on any atom is -0.385 e. The maximum Gasteiger partial charge on any atom is 0.222 e. The highest BCUT2D eigenvalue weighted by molar-refractivity contribution is 5.77. The number of rotatable bonds is 5. The van der Waals surface area contributed by atoms with Crippen molar-refractivity contribution in [3.05, 3.63) is 23.9 Å². The largest absolute Gasteiger partial charge is 0.385 e. The zero-order valence-corrected chi connectivity index (χ0v) is 15.0. The summed E-state index contributed by atoms with van der Waals surface area (Å²) in [6.07, 6.45) is 6.89. The molecule has 5 nitrogen and oxygen atoms in total. The third-order valence-corrected chi connectivity index (χ3v) is 5.41. The number of carbonyl (C=O) groups excluding carboxylic acids is 1. The zero-order valence-electron chi connectivity index (χ0n) is 15.0. The molecule has 1 atom stereocenters. The number of hydrogen-bond donors (Lipinski definition) is 0. The van der Waals surface area contributed by atoms with Crippen LogP contribution in [0.2, 0.25) is 0 Å². The van der Waals surface area contributed by atoms with E-state index in [0.717, 1.165) is 51.4 Å². The molecule has 2 saturated heterocycles. The van der Waals surface area contributed by atoms with Crippen molar-refractivity contribution < 1.29 is 9.53 Å². The molecule has 3 rings (SSSR count). The van der Waals surface area contributed by atoms with Gasteiger partial charge in [-0.15, -0.1) is 0 Å². The minimum atomic E-state index is 0.227. The van der Waals surface area contributed by atoms with Gasteiger partial charge in [-0.2, -0.15) is 0 Å². The van der Waals surface area contributed by atoms with Crippen LogP contribution < -0.4 is 4.90 Å². The number of amides is 1. The van der Waals surface area contributed by atoms with E-state index in [1.54, 1.807) is 7.11 Å². The average Bonchev–Trinajstić information content (AvgIpc) is 2.59. The Labute approximate surface area is 145 Å². The molecule has 0 saturated carbocycles. The Morgan fingerprint density at radius 1 is 1.33 bits per heavy atom. The Hall–Kier alpha value is -1.62. The standard InChI is InChI=1S/C19H29N3O2/c1-16-6-9-20-17(13-16)21-10-3-7-19(14-21)8-5-18(23)22(15-19)11-4-12-24-2/h6,9,13H,3-5,7-8,10-12,14-15H2,1-2H3/t19-/m0/s1. The maximum atomic E-state index is 12.3. The normalized spacial score (nSPS) is 24.7. The van der Waals surface area contributed by atoms with Gasteiger partial charge in [0, 0.05) is 57.9 Å². The van der Waals surface area contributed by atoms with Gasteiger partial charge < -0.3 is 14.5 Å². The fraction of sp³-hybridized carbons (Fsp3) is 0.684. The van der Waals surface area contributed by atoms with Crippen molar-refractivity contribution in [3.63, 3.8) is 0 Å². The highest BCUT2D eigenvalue weighted by Gasteiger charge is 2.41. The molecular formula is C19H29N3O2. The zero-order chi connectivity index (χ0) is 17.0. The van der Waals surface area contributed by atoms with Crippen molar-refractivity contribution in [2.75, 3.05) is 44.8 Å². The molecule has 3 heterocycles. The fourth-order valence-corrected chi connectivity index (χ4v) is 4.14. The molecule has 0 N–H and O–H groups in total. The van der Waals surface area contributed by atoms with Gasteiger partial charge in [0.05, 0.1) is 0 Å². The monoisotopic (exact) mass is 331 g/mol. The lowest BCUT2D eigenvalue weighted by Gasteiger charge is -2.48. The number of carbonyl (C=O) groups is 1. The third kappa shape index (κ3) is 3.89. The molecule has 2 fully saturated rings. The van der Waals surface area contributed by atoms with Crippen LogP contribution in [0.3, 0.4) is 0 Å². The van der Waals surface area contributed by atoms with Gasteiger partial charge in [0.15, 0.2) is 0 Å². The summed E-state index contributed by atoms with van der Waals surface area (Å²) < 4.78 is 5.14. The number of nitrogens with zero attached hydrogens (tertiary/aromatic N) is 3. The molecule has 132 valence electrons. The SMILES string of the molecule is COCCCN1C[C@@]2(CCCN(c3cc(C)ccn3)C2)CCC1=O. The van der Waals surface area contributed by atoms with Gasteiger partial charge in [0.2, 0.25) is 5.91 Å². The van der Waals surface area contributed by atoms with Crippen molar-refractivity contribution in [1.29, 1.82) is 0 Å². The van der Waals surface area contributed by atoms with E-state index in [-0.39, 0.29) is 5.41 Å². The van der Waals surface area contributed by atoms with Crippen LogP contribution in [0.5, 0.6) is 0 Å². The summed E-state index contributed by atoms with van der Waals surface area (Å²) in [7, 11) is 1.72. The van der Waals surface area contributed by atoms with E-state index in [1.807, 2.05) is 12.3 Å². The minimum absolute atomic E-state index is 0.227. The van der Waals surface area contributed by atoms with Crippen LogP contribution in [0.1, 0.15) is 37.7 Å². The highest BCUT2D eigenvalue weighted by Crippen LogP contribution is 2.40. The third-order valence-electron chi connectivity index (χ3n) is 5.41. The first-order chi connectivity index (χ1) is 11.6. The lowest BCUT2D eigenvalue weighted by molar-refractivity contribution is -0.138. The predicted octanol–water partition coefficient (Wildman–Crippen LogP) is 2.64. The second-order valence-corrected chi connectivity index (χ2v) is 7.38. The quantitative estimate of drug-likeness (QED) is 0.778. The van der Waals surface area contributed by atoms with Gasteiger partial charge in [-0.3, -0.25) is 4.79 Å². The van der Waals surface area contributed by atoms with E-state index in [9.17, 15) is 4.79 Å². The lowest BCUT2D eigenvalue weighted by atomic mass is 9.73. The molecule has 1 amide bonds. The summed E-state index contributed by atoms with van der Waals surface area (Å²) in [5.74, 6) is 1.39. The van der Waals surface area contributed by atoms with Gasteiger partial charge >= 0.3 is 0 Å². The smallest absolute Gasteiger partial charge is 0.222 e. The van der Waals surface area contributed by atoms with Crippen molar-refractivity contribution in [2.45, 2.75) is 39.0 Å². The number of piperidine rings is 2. The van der Waals surface area contributed by atoms with Crippen LogP contribution in [0.4, 0.5) is 5.82 Å². The molecule has 0 radical (unpaired) electrons. The van der Waals surface area contributed by atoms with Crippen LogP contribution in [0.25, 0.3) is 0 Å². The Morgan fingerprint density at radius 2 is 2.21 bits per heavy atom. The van der Waals surface area contributed by atoms with Gasteiger partial charge in [0.1, 0.15) is 5.82 Å². The molecule has 2 aliphatic heterocycles. The molecule has 5 heteroatoms. The maximum absolute atomic E-state index is 12.3. The van der Waals surface area contributed by atoms with Gasteiger partial charge in [-0.05, 0) is 50.3 Å². The average molecular weight is 331 g/mol. The number of pyridine rings is 1. The number of likely N-dealkylation sites (tertiary alicyclic amines) is 1. The van der Waals surface area contributed by atoms with Crippen LogP contribution in [-0.4, -0.2) is 55.7 Å². The van der Waals surface area contributed by atoms with E-state index < -0.39 is 0 Å². The Bertz CT molecular complexity index is 577. The Balaban J connectivity index is 1.69. The van der Waals surface area contributed by atoms with Crippen molar-refractivity contribution >= 4 is 11.7 Å². The fourth-order valence-electron chi connectivity index (χ4n) is 4.14. The summed E-state index contributed by atoms with van der Waals surface area (Å²) in [5, 5.41) is 0. The molecular weight excluding hydrogens is 302 g/mol. The first-order valence-electron chi connectivity index (χ1n) is 9.06. The number of ether oxygens (including phenoxy) is 1. The van der Waals surface area contributed by atoms with Gasteiger partial charge in [-0.1, -0.05) is 0 Å². The van der Waals surface area contributed by atoms with Gasteiger partial charge in [-0.25, -0.2) is 4.98 Å². The van der Waals surface area contributed by atoms with Crippen LogP contribution >= 0.6 is 0 Å². The van der Waals surface area contributed by atoms with Crippen LogP contribution in [0, 0.1) is 12.3 Å². The number of anilines is 1. The topological polar surface area (TPSA) is 45.7 Å². The summed E-state index contributed by atoms with van der Waals surface area (Å²) in [4.78, 5) is 21.3. The second kappa shape index (κ2) is 7.51. The van der Waals surface area contributed by atoms with Crippen molar-refractivity contribution in [3.8, 4) is 0 Å². The molecule has 1 aromatic heterocycles. The molecule has 0 bridgehead atoms. The predicted molar refractivity (Wildman–Crippen MR) is 95.2 cm³/mol. The molecule has 1 aromatic rings. The van der Waals surface area contributed by atoms with E-state index in [2.05, 4.69) is 27.8 Å².